The highest BCUT2D eigenvalue weighted by atomic mass is 19.1. The number of imidazole rings is 1. The van der Waals surface area contributed by atoms with E-state index in [1.54, 1.807) is 29.9 Å². The molecule has 6 aromatic rings. The van der Waals surface area contributed by atoms with Gasteiger partial charge in [-0.25, -0.2) is 13.6 Å². The van der Waals surface area contributed by atoms with E-state index in [1.807, 2.05) is 54.4 Å². The predicted octanol–water partition coefficient (Wildman–Crippen LogP) is 5.85. The van der Waals surface area contributed by atoms with Gasteiger partial charge in [-0.3, -0.25) is 43.2 Å². The summed E-state index contributed by atoms with van der Waals surface area (Å²) in [6.45, 7) is 7.40. The molecular weight excluding hydrogens is 849 g/mol. The number of likely N-dealkylation sites (tertiary alicyclic amines) is 1. The van der Waals surface area contributed by atoms with E-state index in [0.717, 1.165) is 50.3 Å². The molecule has 0 radical (unpaired) electrons. The van der Waals surface area contributed by atoms with Crippen LogP contribution in [0.15, 0.2) is 76.2 Å². The molecule has 9 rings (SSSR count). The van der Waals surface area contributed by atoms with Gasteiger partial charge in [0.1, 0.15) is 23.3 Å². The fraction of sp³-hybridized carbons (Fsp3) is 0.429. The number of fused-ring (bicyclic) bond motifs is 2. The topological polar surface area (TPSA) is 151 Å². The maximum Gasteiger partial charge on any atom is 0.329 e. The third-order valence-corrected chi connectivity index (χ3v) is 13.6. The second kappa shape index (κ2) is 18.7. The zero-order valence-corrected chi connectivity index (χ0v) is 37.6. The summed E-state index contributed by atoms with van der Waals surface area (Å²) in [4.78, 5) is 72.7. The molecule has 6 heterocycles. The van der Waals surface area contributed by atoms with Crippen molar-refractivity contribution in [2.24, 2.45) is 7.05 Å². The minimum atomic E-state index is -0.852. The number of aromatic nitrogens is 4. The number of benzene rings is 3. The molecule has 3 aromatic carbocycles. The third kappa shape index (κ3) is 8.63. The molecule has 66 heavy (non-hydrogen) atoms. The van der Waals surface area contributed by atoms with Crippen molar-refractivity contribution in [2.45, 2.75) is 70.4 Å². The number of hydrogen-bond acceptors (Lipinski definition) is 9. The minimum absolute atomic E-state index is 0.00218. The number of carbonyl (C=O) groups is 4. The molecule has 0 spiro atoms. The Morgan fingerprint density at radius 1 is 0.970 bits per heavy atom. The number of nitrogens with zero attached hydrogens (tertiary/aromatic N) is 8. The van der Waals surface area contributed by atoms with Crippen LogP contribution in [0.2, 0.25) is 0 Å². The first-order chi connectivity index (χ1) is 31.9. The Bertz CT molecular complexity index is 2860. The minimum Gasteiger partial charge on any atom is -0.450 e. The number of rotatable bonds is 13. The van der Waals surface area contributed by atoms with E-state index in [1.165, 1.54) is 27.3 Å². The van der Waals surface area contributed by atoms with Crippen LogP contribution >= 0.6 is 0 Å². The summed E-state index contributed by atoms with van der Waals surface area (Å²) in [5.41, 5.74) is 4.16. The average Bonchev–Trinajstić information content (AvgIpc) is 4.08. The summed E-state index contributed by atoms with van der Waals surface area (Å²) in [6.07, 6.45) is 6.68. The first-order valence-electron chi connectivity index (χ1n) is 23.0. The molecule has 346 valence electrons. The molecule has 4 amide bonds. The molecule has 3 fully saturated rings. The number of piperidine rings is 2. The second-order valence-corrected chi connectivity index (χ2v) is 17.8. The highest BCUT2D eigenvalue weighted by Gasteiger charge is 2.33. The maximum absolute atomic E-state index is 16.8. The van der Waals surface area contributed by atoms with Gasteiger partial charge in [0.15, 0.2) is 5.76 Å². The van der Waals surface area contributed by atoms with Crippen LogP contribution in [0.25, 0.3) is 33.1 Å². The first kappa shape index (κ1) is 44.6. The molecule has 2 atom stereocenters. The zero-order valence-electron chi connectivity index (χ0n) is 37.6. The van der Waals surface area contributed by atoms with E-state index in [2.05, 4.69) is 20.2 Å². The Balaban J connectivity index is 0.913. The van der Waals surface area contributed by atoms with Crippen LogP contribution in [-0.4, -0.2) is 117 Å². The van der Waals surface area contributed by atoms with Crippen molar-refractivity contribution in [3.8, 4) is 11.1 Å². The number of hydrogen-bond donors (Lipinski definition) is 1. The molecule has 1 N–H and O–H groups in total. The van der Waals surface area contributed by atoms with Crippen molar-refractivity contribution >= 4 is 51.3 Å². The molecule has 3 aliphatic rings. The maximum atomic E-state index is 16.8. The van der Waals surface area contributed by atoms with E-state index in [-0.39, 0.29) is 47.6 Å². The lowest BCUT2D eigenvalue weighted by molar-refractivity contribution is -0.136. The summed E-state index contributed by atoms with van der Waals surface area (Å²) >= 11 is 0. The molecule has 1 unspecified atom stereocenters. The number of carbonyl (C=O) groups excluding carboxylic acids is 4. The Morgan fingerprint density at radius 3 is 2.48 bits per heavy atom. The number of aryl methyl sites for hydroxylation is 2. The van der Waals surface area contributed by atoms with E-state index < -0.39 is 29.3 Å². The molecule has 15 nitrogen and oxygen atoms in total. The van der Waals surface area contributed by atoms with Crippen LogP contribution in [0, 0.1) is 11.6 Å². The first-order valence-corrected chi connectivity index (χ1v) is 23.0. The van der Waals surface area contributed by atoms with Gasteiger partial charge in [0.25, 0.3) is 5.91 Å². The molecule has 3 aromatic heterocycles. The van der Waals surface area contributed by atoms with Crippen LogP contribution in [0.1, 0.15) is 79.1 Å². The molecule has 0 bridgehead atoms. The van der Waals surface area contributed by atoms with Gasteiger partial charge >= 0.3 is 5.69 Å². The van der Waals surface area contributed by atoms with Crippen LogP contribution in [0.3, 0.4) is 0 Å². The largest absolute Gasteiger partial charge is 0.450 e. The SMILES string of the molecule is CCCN(C)C(=O)c1cc2c(F)c([C@@H]3CCCN(C(=O)CCn4cccn4)C3)cc(-c3ccc(N4CCN(CCc5c(F)ccc6c5n(C)c(=O)n6C5CCC(=O)NC5=O)CC4)cc3)c2o1. The van der Waals surface area contributed by atoms with E-state index in [4.69, 9.17) is 4.42 Å². The second-order valence-electron chi connectivity index (χ2n) is 17.8. The van der Waals surface area contributed by atoms with Gasteiger partial charge in [-0.15, -0.1) is 0 Å². The molecule has 0 aliphatic carbocycles. The zero-order chi connectivity index (χ0) is 46.2. The van der Waals surface area contributed by atoms with Crippen molar-refractivity contribution < 1.29 is 32.4 Å². The summed E-state index contributed by atoms with van der Waals surface area (Å²) in [5.74, 6) is -2.27. The predicted molar refractivity (Wildman–Crippen MR) is 245 cm³/mol. The standard InChI is InChI=1S/C49H55F2N9O6/c1-4-19-54(2)48(64)41-29-37-44(51)35(32-7-5-20-58(30-32)43(62)17-23-59-21-6-18-52-59)28-36(46(37)66-41)31-8-10-33(11-9-31)57-26-24-56(25-27-57)22-16-34-38(50)12-13-39-45(34)55(3)49(65)60(39)40-14-15-42(61)53-47(40)63/h6,8-13,18,21,28-29,32,40H,4-5,7,14-17,19-20,22-27,30H2,1-3H3,(H,53,61,63)/t32-,40?/m1/s1. The number of piperazine rings is 1. The van der Waals surface area contributed by atoms with Crippen molar-refractivity contribution in [2.75, 3.05) is 64.3 Å². The van der Waals surface area contributed by atoms with Gasteiger partial charge in [-0.2, -0.15) is 5.10 Å². The average molecular weight is 904 g/mol. The van der Waals surface area contributed by atoms with Crippen LogP contribution < -0.4 is 15.9 Å². The summed E-state index contributed by atoms with van der Waals surface area (Å²) in [5, 5.41) is 6.77. The highest BCUT2D eigenvalue weighted by Crippen LogP contribution is 2.40. The van der Waals surface area contributed by atoms with Gasteiger partial charge in [-0.05, 0) is 79.6 Å². The monoisotopic (exact) mass is 903 g/mol. The molecular formula is C49H55F2N9O6. The van der Waals surface area contributed by atoms with Gasteiger partial charge in [-0.1, -0.05) is 19.1 Å². The Morgan fingerprint density at radius 2 is 1.76 bits per heavy atom. The van der Waals surface area contributed by atoms with E-state index >= 15 is 8.78 Å². The number of halogens is 2. The number of imide groups is 1. The smallest absolute Gasteiger partial charge is 0.329 e. The number of anilines is 1. The van der Waals surface area contributed by atoms with Gasteiger partial charge in [0.2, 0.25) is 17.7 Å². The Labute approximate surface area is 380 Å². The number of nitrogens with one attached hydrogen (secondary N) is 1. The fourth-order valence-electron chi connectivity index (χ4n) is 10.0. The molecule has 3 aliphatic heterocycles. The van der Waals surface area contributed by atoms with Crippen LogP contribution in [0.4, 0.5) is 14.5 Å². The fourth-order valence-corrected chi connectivity index (χ4v) is 10.0. The summed E-state index contributed by atoms with van der Waals surface area (Å²) < 4.78 is 43.0. The summed E-state index contributed by atoms with van der Waals surface area (Å²) in [7, 11) is 3.29. The van der Waals surface area contributed by atoms with Crippen LogP contribution in [0.5, 0.6) is 0 Å². The van der Waals surface area contributed by atoms with Crippen molar-refractivity contribution in [3.63, 3.8) is 0 Å². The quantitative estimate of drug-likeness (QED) is 0.141. The molecule has 17 heteroatoms. The normalized spacial score (nSPS) is 18.4. The van der Waals surface area contributed by atoms with E-state index in [9.17, 15) is 24.0 Å². The highest BCUT2D eigenvalue weighted by molar-refractivity contribution is 6.01. The van der Waals surface area contributed by atoms with Crippen molar-refractivity contribution in [1.82, 2.24) is 38.9 Å². The van der Waals surface area contributed by atoms with Crippen molar-refractivity contribution in [3.05, 3.63) is 106 Å². The lowest BCUT2D eigenvalue weighted by atomic mass is 9.87. The Kier molecular flexibility index (Phi) is 12.6. The van der Waals surface area contributed by atoms with Crippen molar-refractivity contribution in [1.29, 1.82) is 0 Å². The summed E-state index contributed by atoms with van der Waals surface area (Å²) in [6, 6.07) is 15.3. The molecule has 3 saturated heterocycles. The number of furan rings is 1. The lowest BCUT2D eigenvalue weighted by Gasteiger charge is -2.36. The van der Waals surface area contributed by atoms with Crippen LogP contribution in [-0.2, 0) is 34.4 Å². The van der Waals surface area contributed by atoms with Gasteiger partial charge in [0.05, 0.1) is 16.4 Å². The molecule has 0 saturated carbocycles. The lowest BCUT2D eigenvalue weighted by Crippen LogP contribution is -2.47. The third-order valence-electron chi connectivity index (χ3n) is 13.6. The van der Waals surface area contributed by atoms with Gasteiger partial charge < -0.3 is 19.1 Å². The Hall–Kier alpha value is -6.62. The number of amides is 4. The van der Waals surface area contributed by atoms with E-state index in [0.29, 0.717) is 85.3 Å². The van der Waals surface area contributed by atoms with Gasteiger partial charge in [0, 0.05) is 127 Å².